The van der Waals surface area contributed by atoms with Gasteiger partial charge in [-0.2, -0.15) is 0 Å². The molecule has 3 nitrogen and oxygen atoms in total. The highest BCUT2D eigenvalue weighted by molar-refractivity contribution is 6.30. The zero-order valence-corrected chi connectivity index (χ0v) is 13.1. The van der Waals surface area contributed by atoms with E-state index in [1.165, 1.54) is 12.8 Å². The molecule has 1 heterocycles. The summed E-state index contributed by atoms with van der Waals surface area (Å²) in [4.78, 5) is 12.1. The van der Waals surface area contributed by atoms with Crippen LogP contribution in [0.2, 0.25) is 5.02 Å². The van der Waals surface area contributed by atoms with E-state index in [0.717, 1.165) is 22.5 Å². The maximum atomic E-state index is 12.1. The number of halogens is 1. The lowest BCUT2D eigenvalue weighted by Crippen LogP contribution is -2.23. The highest BCUT2D eigenvalue weighted by Crippen LogP contribution is 2.22. The summed E-state index contributed by atoms with van der Waals surface area (Å²) in [5.74, 6) is 0. The van der Waals surface area contributed by atoms with Gasteiger partial charge in [-0.3, -0.25) is 4.79 Å². The van der Waals surface area contributed by atoms with Crippen LogP contribution in [0.4, 0.5) is 0 Å². The van der Waals surface area contributed by atoms with Crippen LogP contribution in [0, 0.1) is 13.8 Å². The van der Waals surface area contributed by atoms with Crippen molar-refractivity contribution in [3.63, 3.8) is 0 Å². The van der Waals surface area contributed by atoms with Crippen LogP contribution < -0.4 is 10.7 Å². The fourth-order valence-electron chi connectivity index (χ4n) is 2.45. The molecule has 1 saturated carbocycles. The molecule has 2 aromatic rings. The van der Waals surface area contributed by atoms with Gasteiger partial charge in [-0.05, 0) is 44.4 Å². The summed E-state index contributed by atoms with van der Waals surface area (Å²) >= 11 is 6.11. The molecule has 0 atom stereocenters. The molecule has 4 heteroatoms. The van der Waals surface area contributed by atoms with Crippen LogP contribution in [0.25, 0.3) is 5.69 Å². The van der Waals surface area contributed by atoms with Crippen molar-refractivity contribution < 1.29 is 0 Å². The largest absolute Gasteiger partial charge is 0.320 e. The standard InChI is InChI=1S/C17H19ClN2O/c1-11-3-4-14(18)8-16(11)20-10-13(9-19-15-5-6-15)17(21)7-12(20)2/h3-4,7-8,10,15,19H,5-6,9H2,1-2H3. The Morgan fingerprint density at radius 3 is 2.76 bits per heavy atom. The molecule has 0 spiro atoms. The highest BCUT2D eigenvalue weighted by Gasteiger charge is 2.20. The van der Waals surface area contributed by atoms with Gasteiger partial charge in [0.25, 0.3) is 0 Å². The summed E-state index contributed by atoms with van der Waals surface area (Å²) in [6.07, 6.45) is 4.37. The van der Waals surface area contributed by atoms with Crippen LogP contribution in [-0.4, -0.2) is 10.6 Å². The number of aryl methyl sites for hydroxylation is 2. The molecule has 1 fully saturated rings. The zero-order valence-electron chi connectivity index (χ0n) is 12.3. The molecule has 1 aliphatic rings. The van der Waals surface area contributed by atoms with E-state index in [1.807, 2.05) is 42.8 Å². The topological polar surface area (TPSA) is 34.0 Å². The van der Waals surface area contributed by atoms with Crippen molar-refractivity contribution in [1.82, 2.24) is 9.88 Å². The third kappa shape index (κ3) is 3.20. The minimum absolute atomic E-state index is 0.0941. The van der Waals surface area contributed by atoms with Crippen molar-refractivity contribution in [1.29, 1.82) is 0 Å². The first-order chi connectivity index (χ1) is 10.0. The summed E-state index contributed by atoms with van der Waals surface area (Å²) in [5, 5.41) is 4.10. The zero-order chi connectivity index (χ0) is 15.0. The van der Waals surface area contributed by atoms with Crippen molar-refractivity contribution in [3.05, 3.63) is 62.5 Å². The fourth-order valence-corrected chi connectivity index (χ4v) is 2.62. The number of hydrogen-bond donors (Lipinski definition) is 1. The second-order valence-electron chi connectivity index (χ2n) is 5.76. The van der Waals surface area contributed by atoms with Crippen LogP contribution in [0.1, 0.15) is 29.7 Å². The molecule has 1 aliphatic carbocycles. The van der Waals surface area contributed by atoms with Gasteiger partial charge >= 0.3 is 0 Å². The Morgan fingerprint density at radius 1 is 1.29 bits per heavy atom. The lowest BCUT2D eigenvalue weighted by atomic mass is 10.1. The van der Waals surface area contributed by atoms with E-state index in [4.69, 9.17) is 11.6 Å². The van der Waals surface area contributed by atoms with Gasteiger partial charge in [-0.15, -0.1) is 0 Å². The average molecular weight is 303 g/mol. The van der Waals surface area contributed by atoms with Gasteiger partial charge in [0.2, 0.25) is 0 Å². The van der Waals surface area contributed by atoms with Gasteiger partial charge in [-0.25, -0.2) is 0 Å². The molecule has 0 radical (unpaired) electrons. The molecule has 0 unspecified atom stereocenters. The Labute approximate surface area is 129 Å². The van der Waals surface area contributed by atoms with Gasteiger partial charge < -0.3 is 9.88 Å². The number of hydrogen-bond acceptors (Lipinski definition) is 2. The first-order valence-electron chi connectivity index (χ1n) is 7.26. The summed E-state index contributed by atoms with van der Waals surface area (Å²) in [6, 6.07) is 8.11. The lowest BCUT2D eigenvalue weighted by Gasteiger charge is -2.15. The van der Waals surface area contributed by atoms with Crippen LogP contribution in [0.3, 0.4) is 0 Å². The van der Waals surface area contributed by atoms with E-state index in [-0.39, 0.29) is 5.43 Å². The molecule has 110 valence electrons. The molecule has 21 heavy (non-hydrogen) atoms. The first-order valence-corrected chi connectivity index (χ1v) is 7.64. The van der Waals surface area contributed by atoms with Gasteiger partial charge in [0.1, 0.15) is 0 Å². The van der Waals surface area contributed by atoms with E-state index in [2.05, 4.69) is 5.32 Å². The highest BCUT2D eigenvalue weighted by atomic mass is 35.5. The smallest absolute Gasteiger partial charge is 0.186 e. The number of aromatic nitrogens is 1. The predicted molar refractivity (Wildman–Crippen MR) is 86.4 cm³/mol. The van der Waals surface area contributed by atoms with Crippen LogP contribution >= 0.6 is 11.6 Å². The number of nitrogens with one attached hydrogen (secondary N) is 1. The predicted octanol–water partition coefficient (Wildman–Crippen LogP) is 3.36. The first kappa shape index (κ1) is 14.4. The summed E-state index contributed by atoms with van der Waals surface area (Å²) in [5.41, 5.74) is 3.96. The van der Waals surface area contributed by atoms with Crippen molar-refractivity contribution in [2.24, 2.45) is 0 Å². The molecule has 1 aromatic heterocycles. The Bertz CT molecular complexity index is 732. The molecule has 0 bridgehead atoms. The normalized spacial score (nSPS) is 14.4. The third-order valence-corrected chi connectivity index (χ3v) is 4.15. The maximum Gasteiger partial charge on any atom is 0.186 e. The lowest BCUT2D eigenvalue weighted by molar-refractivity contribution is 0.679. The van der Waals surface area contributed by atoms with E-state index < -0.39 is 0 Å². The molecular weight excluding hydrogens is 284 g/mol. The third-order valence-electron chi connectivity index (χ3n) is 3.91. The Kier molecular flexibility index (Phi) is 3.87. The van der Waals surface area contributed by atoms with E-state index >= 15 is 0 Å². The fraction of sp³-hybridized carbons (Fsp3) is 0.353. The molecule has 0 amide bonds. The summed E-state index contributed by atoms with van der Waals surface area (Å²) in [7, 11) is 0. The van der Waals surface area contributed by atoms with E-state index in [0.29, 0.717) is 17.6 Å². The maximum absolute atomic E-state index is 12.1. The quantitative estimate of drug-likeness (QED) is 0.939. The molecule has 3 rings (SSSR count). The number of rotatable bonds is 4. The molecule has 0 saturated heterocycles. The second-order valence-corrected chi connectivity index (χ2v) is 6.20. The van der Waals surface area contributed by atoms with Gasteiger partial charge in [0.05, 0.1) is 0 Å². The Morgan fingerprint density at radius 2 is 2.05 bits per heavy atom. The van der Waals surface area contributed by atoms with Crippen molar-refractivity contribution in [2.75, 3.05) is 0 Å². The van der Waals surface area contributed by atoms with Crippen LogP contribution in [-0.2, 0) is 6.54 Å². The van der Waals surface area contributed by atoms with E-state index in [9.17, 15) is 4.79 Å². The second kappa shape index (κ2) is 5.66. The summed E-state index contributed by atoms with van der Waals surface area (Å²) < 4.78 is 2.05. The van der Waals surface area contributed by atoms with Crippen molar-refractivity contribution in [2.45, 2.75) is 39.3 Å². The van der Waals surface area contributed by atoms with Crippen molar-refractivity contribution in [3.8, 4) is 5.69 Å². The summed E-state index contributed by atoms with van der Waals surface area (Å²) in [6.45, 7) is 4.62. The average Bonchev–Trinajstić information content (AvgIpc) is 3.25. The van der Waals surface area contributed by atoms with Crippen LogP contribution in [0.5, 0.6) is 0 Å². The van der Waals surface area contributed by atoms with Gasteiger partial charge in [0, 0.05) is 46.8 Å². The number of pyridine rings is 1. The van der Waals surface area contributed by atoms with E-state index in [1.54, 1.807) is 6.07 Å². The Balaban J connectivity index is 2.02. The molecule has 0 aliphatic heterocycles. The molecule has 1 aromatic carbocycles. The molecule has 1 N–H and O–H groups in total. The molecular formula is C17H19ClN2O. The van der Waals surface area contributed by atoms with Crippen LogP contribution in [0.15, 0.2) is 35.3 Å². The number of nitrogens with zero attached hydrogens (tertiary/aromatic N) is 1. The monoisotopic (exact) mass is 302 g/mol. The SMILES string of the molecule is Cc1ccc(Cl)cc1-n1cc(CNC2CC2)c(=O)cc1C. The Hall–Kier alpha value is -1.58. The van der Waals surface area contributed by atoms with Crippen molar-refractivity contribution >= 4 is 11.6 Å². The van der Waals surface area contributed by atoms with Gasteiger partial charge in [-0.1, -0.05) is 17.7 Å². The minimum Gasteiger partial charge on any atom is -0.320 e. The number of benzene rings is 1. The minimum atomic E-state index is 0.0941. The van der Waals surface area contributed by atoms with Gasteiger partial charge in [0.15, 0.2) is 5.43 Å².